The molecule has 3 rings (SSSR count). The molecule has 3 aromatic rings. The lowest BCUT2D eigenvalue weighted by Gasteiger charge is -2.15. The topological polar surface area (TPSA) is 50.2 Å². The summed E-state index contributed by atoms with van der Waals surface area (Å²) < 4.78 is 0. The van der Waals surface area contributed by atoms with E-state index in [-0.39, 0.29) is 41.5 Å². The van der Waals surface area contributed by atoms with Gasteiger partial charge in [0.05, 0.1) is 35.8 Å². The van der Waals surface area contributed by atoms with Gasteiger partial charge >= 0.3 is 5.97 Å². The molecule has 0 bridgehead atoms. The predicted molar refractivity (Wildman–Crippen MR) is 112 cm³/mol. The molecule has 9 heteroatoms. The van der Waals surface area contributed by atoms with Gasteiger partial charge in [0.15, 0.2) is 0 Å². The summed E-state index contributed by atoms with van der Waals surface area (Å²) >= 11 is 37.0. The second-order valence-corrected chi connectivity index (χ2v) is 7.67. The Morgan fingerprint density at radius 1 is 0.667 bits per heavy atom. The number of rotatable bonds is 3. The van der Waals surface area contributed by atoms with E-state index in [1.807, 2.05) is 0 Å². The average molecular weight is 482 g/mol. The van der Waals surface area contributed by atoms with E-state index < -0.39 is 5.97 Å². The maximum Gasteiger partial charge on any atom is 0.354 e. The third kappa shape index (κ3) is 3.86. The zero-order chi connectivity index (χ0) is 19.9. The molecule has 0 saturated heterocycles. The summed E-state index contributed by atoms with van der Waals surface area (Å²) in [4.78, 5) is 15.6. The van der Waals surface area contributed by atoms with E-state index in [9.17, 15) is 9.90 Å². The molecular formula is C18H7Cl6NO2. The smallest absolute Gasteiger partial charge is 0.354 e. The second kappa shape index (κ2) is 8.04. The van der Waals surface area contributed by atoms with Crippen LogP contribution in [-0.2, 0) is 0 Å². The van der Waals surface area contributed by atoms with Crippen molar-refractivity contribution < 1.29 is 9.90 Å². The molecule has 1 aromatic heterocycles. The standard InChI is InChI=1S/C18H7Cl6NO2/c19-10-4-1-7(13(21)15(10)23)8-3-6-12(18(26)27)25-17(8)9-2-5-11(20)16(24)14(9)22/h1-6H,(H,26,27). The van der Waals surface area contributed by atoms with Gasteiger partial charge in [-0.15, -0.1) is 0 Å². The van der Waals surface area contributed by atoms with Gasteiger partial charge < -0.3 is 5.11 Å². The van der Waals surface area contributed by atoms with Crippen LogP contribution in [0.5, 0.6) is 0 Å². The molecule has 0 saturated carbocycles. The van der Waals surface area contributed by atoms with Crippen molar-refractivity contribution >= 4 is 75.6 Å². The summed E-state index contributed by atoms with van der Waals surface area (Å²) in [5.41, 5.74) is 1.49. The second-order valence-electron chi connectivity index (χ2n) is 5.34. The summed E-state index contributed by atoms with van der Waals surface area (Å²) in [5.74, 6) is -1.20. The Bertz CT molecular complexity index is 1080. The zero-order valence-corrected chi connectivity index (χ0v) is 17.6. The minimum Gasteiger partial charge on any atom is -0.477 e. The molecule has 0 aliphatic heterocycles. The minimum atomic E-state index is -1.20. The number of carboxylic acid groups (broad SMARTS) is 1. The van der Waals surface area contributed by atoms with Crippen molar-refractivity contribution in [3.05, 3.63) is 72.2 Å². The summed E-state index contributed by atoms with van der Waals surface area (Å²) in [6.45, 7) is 0. The minimum absolute atomic E-state index is 0.129. The Hall–Kier alpha value is -1.20. The first kappa shape index (κ1) is 20.5. The van der Waals surface area contributed by atoms with Crippen molar-refractivity contribution in [1.82, 2.24) is 4.98 Å². The van der Waals surface area contributed by atoms with Crippen LogP contribution in [0.1, 0.15) is 10.5 Å². The highest BCUT2D eigenvalue weighted by molar-refractivity contribution is 6.50. The fourth-order valence-electron chi connectivity index (χ4n) is 2.44. The Balaban J connectivity index is 2.36. The number of pyridine rings is 1. The first-order chi connectivity index (χ1) is 12.7. The van der Waals surface area contributed by atoms with Crippen LogP contribution in [0.2, 0.25) is 30.1 Å². The van der Waals surface area contributed by atoms with E-state index in [2.05, 4.69) is 4.98 Å². The first-order valence-corrected chi connectivity index (χ1v) is 9.51. The van der Waals surface area contributed by atoms with Crippen LogP contribution in [0.25, 0.3) is 22.4 Å². The summed E-state index contributed by atoms with van der Waals surface area (Å²) in [6, 6.07) is 9.29. The average Bonchev–Trinajstić information content (AvgIpc) is 2.64. The normalized spacial score (nSPS) is 10.9. The van der Waals surface area contributed by atoms with Gasteiger partial charge in [0.2, 0.25) is 0 Å². The molecule has 3 nitrogen and oxygen atoms in total. The number of aromatic nitrogens is 1. The van der Waals surface area contributed by atoms with E-state index in [1.165, 1.54) is 6.07 Å². The molecular weight excluding hydrogens is 475 g/mol. The Morgan fingerprint density at radius 2 is 1.15 bits per heavy atom. The summed E-state index contributed by atoms with van der Waals surface area (Å²) in [5, 5.41) is 10.5. The van der Waals surface area contributed by atoms with Crippen LogP contribution < -0.4 is 0 Å². The molecule has 1 heterocycles. The number of hydrogen-bond acceptors (Lipinski definition) is 2. The van der Waals surface area contributed by atoms with Crippen molar-refractivity contribution in [1.29, 1.82) is 0 Å². The first-order valence-electron chi connectivity index (χ1n) is 7.24. The lowest BCUT2D eigenvalue weighted by atomic mass is 9.98. The molecule has 0 amide bonds. The maximum absolute atomic E-state index is 11.4. The van der Waals surface area contributed by atoms with Crippen molar-refractivity contribution in [2.75, 3.05) is 0 Å². The Labute approximate surface area is 184 Å². The fourth-order valence-corrected chi connectivity index (χ4v) is 3.71. The number of nitrogens with zero attached hydrogens (tertiary/aromatic N) is 1. The molecule has 1 N–H and O–H groups in total. The van der Waals surface area contributed by atoms with Gasteiger partial charge in [-0.1, -0.05) is 75.7 Å². The van der Waals surface area contributed by atoms with E-state index in [4.69, 9.17) is 69.6 Å². The predicted octanol–water partition coefficient (Wildman–Crippen LogP) is 8.03. The highest BCUT2D eigenvalue weighted by atomic mass is 35.5. The van der Waals surface area contributed by atoms with Crippen LogP contribution in [0.4, 0.5) is 0 Å². The fraction of sp³-hybridized carbons (Fsp3) is 0. The molecule has 0 aliphatic rings. The van der Waals surface area contributed by atoms with Crippen LogP contribution in [-0.4, -0.2) is 16.1 Å². The lowest BCUT2D eigenvalue weighted by Crippen LogP contribution is -2.03. The third-order valence-corrected chi connectivity index (χ3v) is 6.32. The van der Waals surface area contributed by atoms with Gasteiger partial charge in [-0.05, 0) is 30.3 Å². The quantitative estimate of drug-likeness (QED) is 0.385. The summed E-state index contributed by atoms with van der Waals surface area (Å²) in [7, 11) is 0. The van der Waals surface area contributed by atoms with E-state index in [0.717, 1.165) is 0 Å². The molecule has 2 aromatic carbocycles. The molecule has 0 atom stereocenters. The van der Waals surface area contributed by atoms with Crippen LogP contribution in [0.3, 0.4) is 0 Å². The number of halogens is 6. The molecule has 0 radical (unpaired) electrons. The molecule has 0 spiro atoms. The van der Waals surface area contributed by atoms with Crippen molar-refractivity contribution in [2.24, 2.45) is 0 Å². The largest absolute Gasteiger partial charge is 0.477 e. The van der Waals surface area contributed by atoms with Crippen LogP contribution in [0.15, 0.2) is 36.4 Å². The van der Waals surface area contributed by atoms with Crippen molar-refractivity contribution in [3.63, 3.8) is 0 Å². The van der Waals surface area contributed by atoms with E-state index >= 15 is 0 Å². The van der Waals surface area contributed by atoms with Gasteiger partial charge in [-0.3, -0.25) is 0 Å². The Morgan fingerprint density at radius 3 is 1.70 bits per heavy atom. The molecule has 0 fully saturated rings. The number of aromatic carboxylic acids is 1. The SMILES string of the molecule is O=C(O)c1ccc(-c2ccc(Cl)c(Cl)c2Cl)c(-c2ccc(Cl)c(Cl)c2Cl)n1. The van der Waals surface area contributed by atoms with Crippen molar-refractivity contribution in [2.45, 2.75) is 0 Å². The zero-order valence-electron chi connectivity index (χ0n) is 13.0. The number of benzene rings is 2. The molecule has 0 unspecified atom stereocenters. The van der Waals surface area contributed by atoms with Gasteiger partial charge in [0.1, 0.15) is 5.69 Å². The van der Waals surface area contributed by atoms with Crippen LogP contribution >= 0.6 is 69.6 Å². The number of hydrogen-bond donors (Lipinski definition) is 1. The van der Waals surface area contributed by atoms with Gasteiger partial charge in [-0.2, -0.15) is 0 Å². The van der Waals surface area contributed by atoms with E-state index in [1.54, 1.807) is 30.3 Å². The monoisotopic (exact) mass is 479 g/mol. The van der Waals surface area contributed by atoms with Crippen LogP contribution in [0, 0.1) is 0 Å². The highest BCUT2D eigenvalue weighted by Gasteiger charge is 2.21. The molecule has 138 valence electrons. The summed E-state index contributed by atoms with van der Waals surface area (Å²) in [6.07, 6.45) is 0. The third-order valence-electron chi connectivity index (χ3n) is 3.73. The maximum atomic E-state index is 11.4. The number of carbonyl (C=O) groups is 1. The van der Waals surface area contributed by atoms with Gasteiger partial charge in [0, 0.05) is 16.7 Å². The highest BCUT2D eigenvalue weighted by Crippen LogP contribution is 2.44. The van der Waals surface area contributed by atoms with E-state index in [0.29, 0.717) is 16.7 Å². The van der Waals surface area contributed by atoms with Gasteiger partial charge in [-0.25, -0.2) is 9.78 Å². The van der Waals surface area contributed by atoms with Gasteiger partial charge in [0.25, 0.3) is 0 Å². The van der Waals surface area contributed by atoms with Crippen molar-refractivity contribution in [3.8, 4) is 22.4 Å². The Kier molecular flexibility index (Phi) is 6.11. The lowest BCUT2D eigenvalue weighted by molar-refractivity contribution is 0.0690. The molecule has 27 heavy (non-hydrogen) atoms. The molecule has 0 aliphatic carbocycles. The number of carboxylic acids is 1.